The predicted molar refractivity (Wildman–Crippen MR) is 144 cm³/mol. The van der Waals surface area contributed by atoms with Crippen LogP contribution in [0.15, 0.2) is 24.3 Å². The Morgan fingerprint density at radius 2 is 1.03 bits per heavy atom. The molecule has 1 atom stereocenters. The third-order valence-corrected chi connectivity index (χ3v) is 6.09. The second kappa shape index (κ2) is 18.1. The molecule has 0 fully saturated rings. The van der Waals surface area contributed by atoms with Crippen LogP contribution in [-0.4, -0.2) is 107 Å². The van der Waals surface area contributed by atoms with Gasteiger partial charge in [-0.1, -0.05) is 0 Å². The number of hydrogen-bond donors (Lipinski definition) is 0. The van der Waals surface area contributed by atoms with Crippen LogP contribution in [0.1, 0.15) is 10.4 Å². The quantitative estimate of drug-likeness (QED) is 0.161. The van der Waals surface area contributed by atoms with Gasteiger partial charge in [0.05, 0.1) is 46.5 Å². The number of carbonyl (C=O) groups is 1. The molecular formula is C25H36LiO10P. The van der Waals surface area contributed by atoms with E-state index < -0.39 is 0 Å². The van der Waals surface area contributed by atoms with Gasteiger partial charge in [0.2, 0.25) is 0 Å². The van der Waals surface area contributed by atoms with Gasteiger partial charge in [0.1, 0.15) is 59.9 Å². The van der Waals surface area contributed by atoms with Crippen LogP contribution >= 0.6 is 8.58 Å². The van der Waals surface area contributed by atoms with E-state index in [9.17, 15) is 4.79 Å². The molecule has 2 aromatic carbocycles. The van der Waals surface area contributed by atoms with Crippen LogP contribution in [0.2, 0.25) is 0 Å². The molecule has 1 unspecified atom stereocenters. The summed E-state index contributed by atoms with van der Waals surface area (Å²) >= 11 is 0. The van der Waals surface area contributed by atoms with Crippen LogP contribution < -0.4 is 33.7 Å². The Labute approximate surface area is 232 Å². The molecule has 0 saturated heterocycles. The third kappa shape index (κ3) is 9.90. The van der Waals surface area contributed by atoms with Gasteiger partial charge in [-0.3, -0.25) is 4.79 Å². The first-order valence-corrected chi connectivity index (χ1v) is 12.2. The van der Waals surface area contributed by atoms with Gasteiger partial charge < -0.3 is 42.6 Å². The fourth-order valence-corrected chi connectivity index (χ4v) is 4.25. The van der Waals surface area contributed by atoms with Crippen molar-refractivity contribution in [2.24, 2.45) is 0 Å². The molecule has 0 amide bonds. The maximum atomic E-state index is 13.6. The number of benzene rings is 2. The molecule has 0 bridgehead atoms. The topological polar surface area (TPSA) is 100 Å². The van der Waals surface area contributed by atoms with Crippen molar-refractivity contribution >= 4 is 38.3 Å². The van der Waals surface area contributed by atoms with Gasteiger partial charge in [-0.05, 0) is 8.58 Å². The summed E-state index contributed by atoms with van der Waals surface area (Å²) in [7, 11) is 8.89. The van der Waals surface area contributed by atoms with E-state index in [1.165, 1.54) is 21.3 Å². The molecule has 12 heteroatoms. The Bertz CT molecular complexity index is 916. The molecule has 0 aliphatic carbocycles. The molecule has 0 aliphatic heterocycles. The van der Waals surface area contributed by atoms with Crippen molar-refractivity contribution in [1.82, 2.24) is 0 Å². The molecule has 0 spiro atoms. The van der Waals surface area contributed by atoms with E-state index >= 15 is 0 Å². The molecule has 0 aromatic heterocycles. The second-order valence-electron chi connectivity index (χ2n) is 7.18. The summed E-state index contributed by atoms with van der Waals surface area (Å²) < 4.78 is 49.3. The summed E-state index contributed by atoms with van der Waals surface area (Å²) in [6.45, 7) is 2.04. The number of carbonyl (C=O) groups excluding carboxylic acids is 1. The second-order valence-corrected chi connectivity index (χ2v) is 8.38. The van der Waals surface area contributed by atoms with Crippen LogP contribution in [0.25, 0.3) is 0 Å². The van der Waals surface area contributed by atoms with Gasteiger partial charge in [-0.2, -0.15) is 0 Å². The van der Waals surface area contributed by atoms with E-state index in [1.54, 1.807) is 45.6 Å². The first-order chi connectivity index (χ1) is 17.5. The first kappa shape index (κ1) is 32.8. The summed E-state index contributed by atoms with van der Waals surface area (Å²) in [6, 6.07) is 6.73. The van der Waals surface area contributed by atoms with Crippen LogP contribution in [0, 0.1) is 0 Å². The fourth-order valence-electron chi connectivity index (χ4n) is 3.12. The van der Waals surface area contributed by atoms with Gasteiger partial charge in [-0.15, -0.1) is 0 Å². The first-order valence-electron chi connectivity index (χ1n) is 11.2. The standard InChI is InChI=1S/C25H35O10P.Li.H/c1-27-7-10-33-18-15-21(34-11-8-28-2)24(22(16-18)35-12-9-29-3)36-25(26)23-19(31-5)13-17(30-4)14-20(23)32-6;;/h13-16,36H,7-12H2,1-6H3;;. The minimum atomic E-state index is -0.379. The fraction of sp³-hybridized carbons (Fsp3) is 0.480. The van der Waals surface area contributed by atoms with Crippen molar-refractivity contribution in [3.05, 3.63) is 29.8 Å². The zero-order valence-electron chi connectivity index (χ0n) is 21.6. The molecule has 2 rings (SSSR count). The average molecular weight is 534 g/mol. The Kier molecular flexibility index (Phi) is 16.1. The zero-order chi connectivity index (χ0) is 26.3. The van der Waals surface area contributed by atoms with Gasteiger partial charge in [0.25, 0.3) is 0 Å². The Hall–Kier alpha value is -2.18. The number of rotatable bonds is 18. The van der Waals surface area contributed by atoms with Gasteiger partial charge in [-0.25, -0.2) is 0 Å². The van der Waals surface area contributed by atoms with Crippen molar-refractivity contribution in [3.63, 3.8) is 0 Å². The van der Waals surface area contributed by atoms with Crippen LogP contribution in [-0.2, 0) is 14.2 Å². The molecule has 0 aliphatic rings. The van der Waals surface area contributed by atoms with Crippen LogP contribution in [0.5, 0.6) is 34.5 Å². The molecule has 37 heavy (non-hydrogen) atoms. The van der Waals surface area contributed by atoms with E-state index in [-0.39, 0.29) is 46.2 Å². The van der Waals surface area contributed by atoms with Crippen molar-refractivity contribution in [1.29, 1.82) is 0 Å². The molecule has 0 N–H and O–H groups in total. The third-order valence-electron chi connectivity index (χ3n) is 4.87. The zero-order valence-corrected chi connectivity index (χ0v) is 22.6. The molecular weight excluding hydrogens is 498 g/mol. The number of ether oxygens (including phenoxy) is 9. The molecule has 0 heterocycles. The number of hydrogen-bond acceptors (Lipinski definition) is 10. The van der Waals surface area contributed by atoms with Crippen molar-refractivity contribution in [2.45, 2.75) is 0 Å². The molecule has 202 valence electrons. The van der Waals surface area contributed by atoms with Crippen molar-refractivity contribution < 1.29 is 47.4 Å². The van der Waals surface area contributed by atoms with Gasteiger partial charge in [0, 0.05) is 45.6 Å². The van der Waals surface area contributed by atoms with E-state index in [2.05, 4.69) is 0 Å². The predicted octanol–water partition coefficient (Wildman–Crippen LogP) is 2.28. The van der Waals surface area contributed by atoms with E-state index in [1.807, 2.05) is 0 Å². The van der Waals surface area contributed by atoms with E-state index in [4.69, 9.17) is 42.6 Å². The van der Waals surface area contributed by atoms with Gasteiger partial charge in [0.15, 0.2) is 5.52 Å². The molecule has 2 aromatic rings. The Morgan fingerprint density at radius 1 is 0.595 bits per heavy atom. The maximum absolute atomic E-state index is 13.6. The summed E-state index contributed by atoms with van der Waals surface area (Å²) in [4.78, 5) is 13.6. The monoisotopic (exact) mass is 534 g/mol. The average Bonchev–Trinajstić information content (AvgIpc) is 2.89. The molecule has 0 saturated carbocycles. The Balaban J connectivity index is 0.00000684. The van der Waals surface area contributed by atoms with Crippen LogP contribution in [0.4, 0.5) is 0 Å². The molecule has 10 nitrogen and oxygen atoms in total. The van der Waals surface area contributed by atoms with E-state index in [0.717, 1.165) is 0 Å². The van der Waals surface area contributed by atoms with E-state index in [0.29, 0.717) is 71.8 Å². The SMILES string of the molecule is COCCOc1cc(OCCOC)c(PC(=O)c2c(OC)cc(OC)cc2OC)c(OCCOC)c1.[LiH]. The van der Waals surface area contributed by atoms with Gasteiger partial charge >= 0.3 is 18.9 Å². The summed E-state index contributed by atoms with van der Waals surface area (Å²) in [5.74, 6) is 2.61. The summed E-state index contributed by atoms with van der Waals surface area (Å²) in [5, 5.41) is 0.575. The summed E-state index contributed by atoms with van der Waals surface area (Å²) in [5.41, 5.74) is 0.0674. The molecule has 0 radical (unpaired) electrons. The van der Waals surface area contributed by atoms with Crippen molar-refractivity contribution in [3.8, 4) is 34.5 Å². The summed E-state index contributed by atoms with van der Waals surface area (Å²) in [6.07, 6.45) is 0. The van der Waals surface area contributed by atoms with Crippen molar-refractivity contribution in [2.75, 3.05) is 82.3 Å². The number of methoxy groups -OCH3 is 6. The normalized spacial score (nSPS) is 10.6. The minimum absolute atomic E-state index is 0. The van der Waals surface area contributed by atoms with Crippen LogP contribution in [0.3, 0.4) is 0 Å². The Morgan fingerprint density at radius 3 is 1.43 bits per heavy atom.